The fourth-order valence-electron chi connectivity index (χ4n) is 1.78. The number of nitro groups is 1. The second-order valence-corrected chi connectivity index (χ2v) is 4.22. The molecule has 0 amide bonds. The van der Waals surface area contributed by atoms with Crippen molar-refractivity contribution in [2.45, 2.75) is 6.61 Å². The zero-order valence-corrected chi connectivity index (χ0v) is 11.1. The van der Waals surface area contributed by atoms with E-state index in [9.17, 15) is 18.9 Å². The van der Waals surface area contributed by atoms with E-state index >= 15 is 0 Å². The van der Waals surface area contributed by atoms with Crippen molar-refractivity contribution in [1.82, 2.24) is 0 Å². The zero-order chi connectivity index (χ0) is 15.4. The number of anilines is 1. The summed E-state index contributed by atoms with van der Waals surface area (Å²) in [6, 6.07) is 7.46. The second-order valence-electron chi connectivity index (χ2n) is 4.22. The predicted molar refractivity (Wildman–Crippen MR) is 73.3 cm³/mol. The molecule has 7 heteroatoms. The molecule has 0 radical (unpaired) electrons. The van der Waals surface area contributed by atoms with Crippen LogP contribution in [0.3, 0.4) is 0 Å². The highest BCUT2D eigenvalue weighted by molar-refractivity contribution is 5.62. The first-order chi connectivity index (χ1) is 10.0. The summed E-state index contributed by atoms with van der Waals surface area (Å²) in [5, 5.41) is 13.6. The fraction of sp³-hybridized carbons (Fsp3) is 0.143. The van der Waals surface area contributed by atoms with Crippen molar-refractivity contribution in [2.75, 3.05) is 12.4 Å². The molecule has 0 saturated heterocycles. The van der Waals surface area contributed by atoms with Crippen LogP contribution in [0, 0.1) is 21.7 Å². The van der Waals surface area contributed by atoms with Crippen molar-refractivity contribution in [3.8, 4) is 5.75 Å². The van der Waals surface area contributed by atoms with Crippen LogP contribution < -0.4 is 10.1 Å². The number of benzene rings is 2. The highest BCUT2D eigenvalue weighted by Gasteiger charge is 2.14. The Morgan fingerprint density at radius 3 is 2.62 bits per heavy atom. The van der Waals surface area contributed by atoms with Crippen molar-refractivity contribution in [1.29, 1.82) is 0 Å². The summed E-state index contributed by atoms with van der Waals surface area (Å²) in [5.74, 6) is -1.64. The van der Waals surface area contributed by atoms with E-state index in [-0.39, 0.29) is 18.0 Å². The summed E-state index contributed by atoms with van der Waals surface area (Å²) >= 11 is 0. The molecule has 0 bridgehead atoms. The molecule has 0 fully saturated rings. The summed E-state index contributed by atoms with van der Waals surface area (Å²) in [6.45, 7) is -0.0621. The summed E-state index contributed by atoms with van der Waals surface area (Å²) in [4.78, 5) is 10.4. The molecule has 0 aliphatic heterocycles. The molecule has 0 heterocycles. The summed E-state index contributed by atoms with van der Waals surface area (Å²) in [5.41, 5.74) is 0.777. The second kappa shape index (κ2) is 6.17. The number of rotatable bonds is 5. The first-order valence-corrected chi connectivity index (χ1v) is 6.04. The van der Waals surface area contributed by atoms with Crippen LogP contribution in [0.2, 0.25) is 0 Å². The van der Waals surface area contributed by atoms with Gasteiger partial charge in [0.2, 0.25) is 0 Å². The van der Waals surface area contributed by atoms with E-state index in [1.807, 2.05) is 0 Å². The molecule has 0 atom stereocenters. The van der Waals surface area contributed by atoms with Gasteiger partial charge in [0.15, 0.2) is 11.6 Å². The van der Waals surface area contributed by atoms with E-state index in [4.69, 9.17) is 4.74 Å². The molecule has 5 nitrogen and oxygen atoms in total. The van der Waals surface area contributed by atoms with Gasteiger partial charge in [-0.3, -0.25) is 10.1 Å². The lowest BCUT2D eigenvalue weighted by Crippen LogP contribution is -2.01. The number of ether oxygens (including phenoxy) is 1. The van der Waals surface area contributed by atoms with Crippen molar-refractivity contribution < 1.29 is 18.4 Å². The van der Waals surface area contributed by atoms with Gasteiger partial charge in [0, 0.05) is 19.2 Å². The molecular weight excluding hydrogens is 282 g/mol. The van der Waals surface area contributed by atoms with Crippen LogP contribution in [0.5, 0.6) is 5.75 Å². The molecule has 1 N–H and O–H groups in total. The minimum Gasteiger partial charge on any atom is -0.486 e. The quantitative estimate of drug-likeness (QED) is 0.677. The molecule has 0 aliphatic carbocycles. The lowest BCUT2D eigenvalue weighted by molar-refractivity contribution is -0.384. The van der Waals surface area contributed by atoms with E-state index in [2.05, 4.69) is 5.32 Å². The van der Waals surface area contributed by atoms with E-state index in [0.717, 1.165) is 6.07 Å². The van der Waals surface area contributed by atoms with Gasteiger partial charge >= 0.3 is 0 Å². The topological polar surface area (TPSA) is 64.4 Å². The molecule has 2 aromatic carbocycles. The maximum atomic E-state index is 13.4. The standard InChI is InChI=1S/C14H12F2N2O3/c1-17-12-4-2-9(6-13(12)18(19)20)8-21-14-5-3-10(15)7-11(14)16/h2-7,17H,8H2,1H3. The minimum atomic E-state index is -0.823. The lowest BCUT2D eigenvalue weighted by atomic mass is 10.2. The molecule has 110 valence electrons. The van der Waals surface area contributed by atoms with Gasteiger partial charge in [-0.15, -0.1) is 0 Å². The molecule has 0 aliphatic rings. The Hall–Kier alpha value is -2.70. The number of nitro benzene ring substituents is 1. The first kappa shape index (κ1) is 14.7. The van der Waals surface area contributed by atoms with E-state index in [0.29, 0.717) is 17.3 Å². The van der Waals surface area contributed by atoms with Gasteiger partial charge in [-0.2, -0.15) is 0 Å². The van der Waals surface area contributed by atoms with Gasteiger partial charge in [0.1, 0.15) is 18.1 Å². The SMILES string of the molecule is CNc1ccc(COc2ccc(F)cc2F)cc1[N+](=O)[O-]. The average molecular weight is 294 g/mol. The van der Waals surface area contributed by atoms with Crippen molar-refractivity contribution in [2.24, 2.45) is 0 Å². The molecule has 0 saturated carbocycles. The Labute approximate surface area is 119 Å². The summed E-state index contributed by atoms with van der Waals surface area (Å²) in [6.07, 6.45) is 0. The van der Waals surface area contributed by atoms with Gasteiger partial charge in [0.25, 0.3) is 5.69 Å². The van der Waals surface area contributed by atoms with Gasteiger partial charge < -0.3 is 10.1 Å². The van der Waals surface area contributed by atoms with Crippen LogP contribution in [0.1, 0.15) is 5.56 Å². The molecule has 0 spiro atoms. The lowest BCUT2D eigenvalue weighted by Gasteiger charge is -2.08. The van der Waals surface area contributed by atoms with E-state index in [1.54, 1.807) is 13.1 Å². The fourth-order valence-corrected chi connectivity index (χ4v) is 1.78. The van der Waals surface area contributed by atoms with Crippen LogP contribution in [0.25, 0.3) is 0 Å². The average Bonchev–Trinajstić information content (AvgIpc) is 2.46. The predicted octanol–water partition coefficient (Wildman–Crippen LogP) is 3.49. The molecule has 0 aromatic heterocycles. The molecule has 21 heavy (non-hydrogen) atoms. The third-order valence-electron chi connectivity index (χ3n) is 2.82. The van der Waals surface area contributed by atoms with Crippen LogP contribution >= 0.6 is 0 Å². The molecule has 2 rings (SSSR count). The largest absolute Gasteiger partial charge is 0.486 e. The number of nitrogens with one attached hydrogen (secondary N) is 1. The van der Waals surface area contributed by atoms with Gasteiger partial charge in [0.05, 0.1) is 4.92 Å². The highest BCUT2D eigenvalue weighted by Crippen LogP contribution is 2.26. The Kier molecular flexibility index (Phi) is 4.32. The Morgan fingerprint density at radius 2 is 2.00 bits per heavy atom. The van der Waals surface area contributed by atoms with Crippen molar-refractivity contribution >= 4 is 11.4 Å². The number of halogens is 2. The molecule has 2 aromatic rings. The molecular formula is C14H12F2N2O3. The summed E-state index contributed by atoms with van der Waals surface area (Å²) < 4.78 is 31.4. The number of nitrogens with zero attached hydrogens (tertiary/aromatic N) is 1. The van der Waals surface area contributed by atoms with E-state index < -0.39 is 16.6 Å². The Morgan fingerprint density at radius 1 is 1.24 bits per heavy atom. The first-order valence-electron chi connectivity index (χ1n) is 6.04. The third kappa shape index (κ3) is 3.44. The van der Waals surface area contributed by atoms with Crippen LogP contribution in [0.15, 0.2) is 36.4 Å². The Bertz CT molecular complexity index is 677. The minimum absolute atomic E-state index is 0.0621. The van der Waals surface area contributed by atoms with Gasteiger partial charge in [-0.25, -0.2) is 8.78 Å². The molecule has 0 unspecified atom stereocenters. The number of hydrogen-bond acceptors (Lipinski definition) is 4. The van der Waals surface area contributed by atoms with Crippen LogP contribution in [0.4, 0.5) is 20.2 Å². The third-order valence-corrected chi connectivity index (χ3v) is 2.82. The van der Waals surface area contributed by atoms with Crippen molar-refractivity contribution in [3.05, 3.63) is 63.7 Å². The van der Waals surface area contributed by atoms with Crippen LogP contribution in [-0.4, -0.2) is 12.0 Å². The van der Waals surface area contributed by atoms with E-state index in [1.165, 1.54) is 18.2 Å². The highest BCUT2D eigenvalue weighted by atomic mass is 19.1. The normalized spacial score (nSPS) is 10.2. The maximum Gasteiger partial charge on any atom is 0.292 e. The van der Waals surface area contributed by atoms with Gasteiger partial charge in [-0.05, 0) is 23.8 Å². The number of hydrogen-bond donors (Lipinski definition) is 1. The maximum absolute atomic E-state index is 13.4. The smallest absolute Gasteiger partial charge is 0.292 e. The zero-order valence-electron chi connectivity index (χ0n) is 11.1. The Balaban J connectivity index is 2.16. The van der Waals surface area contributed by atoms with Gasteiger partial charge in [-0.1, -0.05) is 6.07 Å². The van der Waals surface area contributed by atoms with Crippen LogP contribution in [-0.2, 0) is 6.61 Å². The monoisotopic (exact) mass is 294 g/mol. The summed E-state index contributed by atoms with van der Waals surface area (Å²) in [7, 11) is 1.58. The van der Waals surface area contributed by atoms with Crippen molar-refractivity contribution in [3.63, 3.8) is 0 Å².